The van der Waals surface area contributed by atoms with Crippen LogP contribution in [0.5, 0.6) is 0 Å². The van der Waals surface area contributed by atoms with Crippen LogP contribution in [0, 0.1) is 0 Å². The first-order valence-corrected chi connectivity index (χ1v) is 4.86. The maximum atomic E-state index is 11.5. The summed E-state index contributed by atoms with van der Waals surface area (Å²) < 4.78 is 15.8. The Balaban J connectivity index is 0. The van der Waals surface area contributed by atoms with Crippen molar-refractivity contribution in [2.24, 2.45) is 0 Å². The van der Waals surface area contributed by atoms with Crippen molar-refractivity contribution >= 4 is 5.97 Å². The van der Waals surface area contributed by atoms with E-state index in [0.717, 1.165) is 19.2 Å². The van der Waals surface area contributed by atoms with Gasteiger partial charge in [-0.05, 0) is 13.1 Å². The number of carbonyl (C=O) groups is 1. The number of carbonyl (C=O) groups excluding carboxylic acids is 1. The quantitative estimate of drug-likeness (QED) is 0.511. The predicted octanol–water partition coefficient (Wildman–Crippen LogP) is 0.662. The number of ether oxygens (including phenoxy) is 1. The monoisotopic (exact) mass is 221 g/mol. The summed E-state index contributed by atoms with van der Waals surface area (Å²) in [4.78, 5) is 10.3. The SMILES string of the molecule is C=CC(=O)OCC(O)CF.CCNCC. The van der Waals surface area contributed by atoms with Crippen LogP contribution in [0.3, 0.4) is 0 Å². The molecule has 15 heavy (non-hydrogen) atoms. The number of halogens is 1. The summed E-state index contributed by atoms with van der Waals surface area (Å²) in [7, 11) is 0. The molecule has 0 aliphatic heterocycles. The Morgan fingerprint density at radius 2 is 2.13 bits per heavy atom. The lowest BCUT2D eigenvalue weighted by molar-refractivity contribution is -0.140. The molecule has 90 valence electrons. The Kier molecular flexibility index (Phi) is 14.4. The number of aliphatic hydroxyl groups is 1. The van der Waals surface area contributed by atoms with Gasteiger partial charge in [-0.2, -0.15) is 0 Å². The van der Waals surface area contributed by atoms with Crippen LogP contribution in [0.15, 0.2) is 12.7 Å². The Bertz CT molecular complexity index is 163. The van der Waals surface area contributed by atoms with Crippen molar-refractivity contribution in [3.05, 3.63) is 12.7 Å². The number of rotatable bonds is 6. The smallest absolute Gasteiger partial charge is 0.330 e. The van der Waals surface area contributed by atoms with Crippen molar-refractivity contribution in [3.63, 3.8) is 0 Å². The molecular weight excluding hydrogens is 201 g/mol. The van der Waals surface area contributed by atoms with Crippen LogP contribution in [0.2, 0.25) is 0 Å². The van der Waals surface area contributed by atoms with Crippen molar-refractivity contribution in [3.8, 4) is 0 Å². The fourth-order valence-corrected chi connectivity index (χ4v) is 0.532. The second kappa shape index (κ2) is 13.1. The van der Waals surface area contributed by atoms with Gasteiger partial charge in [0, 0.05) is 6.08 Å². The lowest BCUT2D eigenvalue weighted by Gasteiger charge is -2.04. The van der Waals surface area contributed by atoms with E-state index >= 15 is 0 Å². The van der Waals surface area contributed by atoms with Crippen molar-refractivity contribution in [2.75, 3.05) is 26.4 Å². The highest BCUT2D eigenvalue weighted by Crippen LogP contribution is 1.87. The molecule has 0 heterocycles. The third kappa shape index (κ3) is 15.8. The van der Waals surface area contributed by atoms with Crippen molar-refractivity contribution in [1.29, 1.82) is 0 Å². The average Bonchev–Trinajstić information content (AvgIpc) is 2.27. The third-order valence-electron chi connectivity index (χ3n) is 1.26. The molecule has 4 nitrogen and oxygen atoms in total. The second-order valence-electron chi connectivity index (χ2n) is 2.60. The molecule has 0 bridgehead atoms. The molecule has 0 saturated carbocycles. The first-order chi connectivity index (χ1) is 7.12. The molecule has 0 aromatic heterocycles. The molecule has 0 saturated heterocycles. The lowest BCUT2D eigenvalue weighted by Crippen LogP contribution is -2.19. The molecule has 2 N–H and O–H groups in total. The van der Waals surface area contributed by atoms with Crippen LogP contribution in [0.4, 0.5) is 4.39 Å². The first kappa shape index (κ1) is 16.5. The number of hydrogen-bond acceptors (Lipinski definition) is 4. The van der Waals surface area contributed by atoms with Crippen LogP contribution in [-0.4, -0.2) is 43.6 Å². The van der Waals surface area contributed by atoms with Gasteiger partial charge < -0.3 is 15.2 Å². The Morgan fingerprint density at radius 1 is 1.60 bits per heavy atom. The standard InChI is InChI=1S/C6H9FO3.C4H11N/c1-2-6(9)10-4-5(8)3-7;1-3-5-4-2/h2,5,8H,1,3-4H2;5H,3-4H2,1-2H3. The van der Waals surface area contributed by atoms with Crippen LogP contribution >= 0.6 is 0 Å². The Labute approximate surface area is 90.1 Å². The van der Waals surface area contributed by atoms with Crippen LogP contribution in [-0.2, 0) is 9.53 Å². The number of aliphatic hydroxyl groups excluding tert-OH is 1. The predicted molar refractivity (Wildman–Crippen MR) is 57.4 cm³/mol. The second-order valence-corrected chi connectivity index (χ2v) is 2.60. The number of esters is 1. The van der Waals surface area contributed by atoms with E-state index in [1.807, 2.05) is 0 Å². The van der Waals surface area contributed by atoms with Gasteiger partial charge in [0.1, 0.15) is 19.4 Å². The summed E-state index contributed by atoms with van der Waals surface area (Å²) >= 11 is 0. The first-order valence-electron chi connectivity index (χ1n) is 4.86. The Morgan fingerprint density at radius 3 is 2.40 bits per heavy atom. The van der Waals surface area contributed by atoms with E-state index in [2.05, 4.69) is 30.5 Å². The third-order valence-corrected chi connectivity index (χ3v) is 1.26. The van der Waals surface area contributed by atoms with Gasteiger partial charge in [0.25, 0.3) is 0 Å². The zero-order chi connectivity index (χ0) is 12.1. The zero-order valence-corrected chi connectivity index (χ0v) is 9.33. The summed E-state index contributed by atoms with van der Waals surface area (Å²) in [6, 6.07) is 0. The topological polar surface area (TPSA) is 58.6 Å². The molecule has 0 aliphatic carbocycles. The van der Waals surface area contributed by atoms with E-state index in [9.17, 15) is 9.18 Å². The van der Waals surface area contributed by atoms with Gasteiger partial charge in [-0.3, -0.25) is 0 Å². The van der Waals surface area contributed by atoms with Gasteiger partial charge in [-0.1, -0.05) is 20.4 Å². The summed E-state index contributed by atoms with van der Waals surface area (Å²) in [5, 5.41) is 11.6. The minimum Gasteiger partial charge on any atom is -0.460 e. The Hall–Kier alpha value is -0.940. The summed E-state index contributed by atoms with van der Waals surface area (Å²) in [6.07, 6.45) is -0.269. The van der Waals surface area contributed by atoms with Gasteiger partial charge in [0.2, 0.25) is 0 Å². The number of alkyl halides is 1. The highest BCUT2D eigenvalue weighted by atomic mass is 19.1. The largest absolute Gasteiger partial charge is 0.460 e. The molecule has 0 rings (SSSR count). The highest BCUT2D eigenvalue weighted by molar-refractivity contribution is 5.81. The summed E-state index contributed by atoms with van der Waals surface area (Å²) in [5.41, 5.74) is 0. The fraction of sp³-hybridized carbons (Fsp3) is 0.700. The number of hydrogen-bond donors (Lipinski definition) is 2. The molecule has 0 fully saturated rings. The van der Waals surface area contributed by atoms with E-state index in [0.29, 0.717) is 0 Å². The molecule has 1 unspecified atom stereocenters. The molecule has 0 spiro atoms. The van der Waals surface area contributed by atoms with Gasteiger partial charge in [-0.25, -0.2) is 9.18 Å². The van der Waals surface area contributed by atoms with Crippen LogP contribution in [0.25, 0.3) is 0 Å². The summed E-state index contributed by atoms with van der Waals surface area (Å²) in [6.45, 7) is 8.27. The van der Waals surface area contributed by atoms with Crippen LogP contribution in [0.1, 0.15) is 13.8 Å². The van der Waals surface area contributed by atoms with Crippen LogP contribution < -0.4 is 5.32 Å². The molecule has 0 amide bonds. The zero-order valence-electron chi connectivity index (χ0n) is 9.33. The minimum atomic E-state index is -1.22. The van der Waals surface area contributed by atoms with Crippen molar-refractivity contribution in [1.82, 2.24) is 5.32 Å². The lowest BCUT2D eigenvalue weighted by atomic mass is 10.4. The van der Waals surface area contributed by atoms with Gasteiger partial charge in [0.05, 0.1) is 0 Å². The van der Waals surface area contributed by atoms with E-state index in [4.69, 9.17) is 5.11 Å². The van der Waals surface area contributed by atoms with E-state index in [1.54, 1.807) is 0 Å². The fourth-order valence-electron chi connectivity index (χ4n) is 0.532. The van der Waals surface area contributed by atoms with E-state index in [1.165, 1.54) is 0 Å². The molecule has 5 heteroatoms. The molecular formula is C10H20FNO3. The van der Waals surface area contributed by atoms with E-state index in [-0.39, 0.29) is 6.61 Å². The van der Waals surface area contributed by atoms with Gasteiger partial charge in [-0.15, -0.1) is 0 Å². The van der Waals surface area contributed by atoms with Gasteiger partial charge in [0.15, 0.2) is 0 Å². The average molecular weight is 221 g/mol. The summed E-state index contributed by atoms with van der Waals surface area (Å²) in [5.74, 6) is -0.660. The molecule has 1 atom stereocenters. The number of nitrogens with one attached hydrogen (secondary N) is 1. The molecule has 0 aromatic carbocycles. The maximum absolute atomic E-state index is 11.5. The van der Waals surface area contributed by atoms with E-state index < -0.39 is 18.7 Å². The molecule has 0 aromatic rings. The molecule has 0 radical (unpaired) electrons. The normalized spacial score (nSPS) is 10.9. The maximum Gasteiger partial charge on any atom is 0.330 e. The van der Waals surface area contributed by atoms with Gasteiger partial charge >= 0.3 is 5.97 Å². The van der Waals surface area contributed by atoms with Crippen molar-refractivity contribution in [2.45, 2.75) is 20.0 Å². The minimum absolute atomic E-state index is 0.318. The van der Waals surface area contributed by atoms with Crippen molar-refractivity contribution < 1.29 is 19.0 Å². The highest BCUT2D eigenvalue weighted by Gasteiger charge is 2.04. The molecule has 0 aliphatic rings.